The fourth-order valence-corrected chi connectivity index (χ4v) is 1.88. The molecule has 1 rings (SSSR count). The highest BCUT2D eigenvalue weighted by Crippen LogP contribution is 2.05. The van der Waals surface area contributed by atoms with Crippen molar-refractivity contribution >= 4 is 29.0 Å². The van der Waals surface area contributed by atoms with Gasteiger partial charge in [-0.1, -0.05) is 36.5 Å². The summed E-state index contributed by atoms with van der Waals surface area (Å²) in [7, 11) is 0. The van der Waals surface area contributed by atoms with Crippen LogP contribution in [0.5, 0.6) is 0 Å². The van der Waals surface area contributed by atoms with Crippen LogP contribution in [0.2, 0.25) is 0 Å². The van der Waals surface area contributed by atoms with Crippen LogP contribution in [0.25, 0.3) is 0 Å². The van der Waals surface area contributed by atoms with E-state index in [2.05, 4.69) is 10.6 Å². The molecule has 0 aliphatic carbocycles. The maximum absolute atomic E-state index is 11.7. The van der Waals surface area contributed by atoms with Crippen LogP contribution in [0.4, 0.5) is 0 Å². The molecule has 0 heterocycles. The summed E-state index contributed by atoms with van der Waals surface area (Å²) in [6.45, 7) is 4.13. The molecule has 21 heavy (non-hydrogen) atoms. The first-order valence-electron chi connectivity index (χ1n) is 6.83. The Morgan fingerprint density at radius 1 is 1.19 bits per heavy atom. The normalized spacial score (nSPS) is 10.2. The maximum Gasteiger partial charge on any atom is 0.224 e. The van der Waals surface area contributed by atoms with Crippen LogP contribution in [0.3, 0.4) is 0 Å². The van der Waals surface area contributed by atoms with Gasteiger partial charge in [0.2, 0.25) is 11.8 Å². The molecule has 0 atom stereocenters. The van der Waals surface area contributed by atoms with Gasteiger partial charge in [0.1, 0.15) is 4.99 Å². The molecular formula is C15H21N3O2S. The highest BCUT2D eigenvalue weighted by atomic mass is 32.1. The molecule has 0 spiro atoms. The lowest BCUT2D eigenvalue weighted by Crippen LogP contribution is -2.34. The summed E-state index contributed by atoms with van der Waals surface area (Å²) in [6, 6.07) is 7.33. The van der Waals surface area contributed by atoms with Crippen LogP contribution in [0, 0.1) is 0 Å². The van der Waals surface area contributed by atoms with E-state index < -0.39 is 0 Å². The predicted molar refractivity (Wildman–Crippen MR) is 86.9 cm³/mol. The van der Waals surface area contributed by atoms with Gasteiger partial charge in [0.15, 0.2) is 0 Å². The number of benzene rings is 1. The van der Waals surface area contributed by atoms with Crippen molar-refractivity contribution in [3.05, 3.63) is 35.4 Å². The zero-order valence-electron chi connectivity index (χ0n) is 12.3. The van der Waals surface area contributed by atoms with E-state index in [-0.39, 0.29) is 30.7 Å². The van der Waals surface area contributed by atoms with E-state index in [1.165, 1.54) is 0 Å². The SMILES string of the molecule is CC(C)NC(=O)CCNC(=O)Cc1ccc(C(N)=S)cc1. The summed E-state index contributed by atoms with van der Waals surface area (Å²) in [5.41, 5.74) is 7.16. The summed E-state index contributed by atoms with van der Waals surface area (Å²) in [5, 5.41) is 5.49. The lowest BCUT2D eigenvalue weighted by Gasteiger charge is -2.09. The minimum Gasteiger partial charge on any atom is -0.389 e. The second-order valence-electron chi connectivity index (χ2n) is 5.06. The van der Waals surface area contributed by atoms with Gasteiger partial charge < -0.3 is 16.4 Å². The van der Waals surface area contributed by atoms with Gasteiger partial charge in [-0.05, 0) is 19.4 Å². The van der Waals surface area contributed by atoms with Gasteiger partial charge in [-0.15, -0.1) is 0 Å². The number of nitrogens with two attached hydrogens (primary N) is 1. The Kier molecular flexibility index (Phi) is 6.81. The number of thiocarbonyl (C=S) groups is 1. The summed E-state index contributed by atoms with van der Waals surface area (Å²) >= 11 is 4.87. The molecule has 0 aromatic heterocycles. The third-order valence-corrected chi connectivity index (χ3v) is 2.96. The second kappa shape index (κ2) is 8.36. The first-order chi connectivity index (χ1) is 9.88. The van der Waals surface area contributed by atoms with Crippen LogP contribution < -0.4 is 16.4 Å². The monoisotopic (exact) mass is 307 g/mol. The Morgan fingerprint density at radius 2 is 1.81 bits per heavy atom. The first-order valence-corrected chi connectivity index (χ1v) is 7.24. The van der Waals surface area contributed by atoms with Crippen molar-refractivity contribution in [2.45, 2.75) is 32.7 Å². The molecule has 0 saturated heterocycles. The molecular weight excluding hydrogens is 286 g/mol. The van der Waals surface area contributed by atoms with E-state index in [0.29, 0.717) is 11.5 Å². The Bertz CT molecular complexity index is 512. The molecule has 0 saturated carbocycles. The molecule has 1 aromatic carbocycles. The van der Waals surface area contributed by atoms with Crippen LogP contribution in [-0.2, 0) is 16.0 Å². The maximum atomic E-state index is 11.7. The highest BCUT2D eigenvalue weighted by molar-refractivity contribution is 7.80. The van der Waals surface area contributed by atoms with Gasteiger partial charge in [-0.2, -0.15) is 0 Å². The van der Waals surface area contributed by atoms with Crippen LogP contribution >= 0.6 is 12.2 Å². The van der Waals surface area contributed by atoms with Crippen molar-refractivity contribution in [3.63, 3.8) is 0 Å². The number of nitrogens with one attached hydrogen (secondary N) is 2. The lowest BCUT2D eigenvalue weighted by atomic mass is 10.1. The molecule has 0 aliphatic heterocycles. The van der Waals surface area contributed by atoms with Crippen molar-refractivity contribution in [2.75, 3.05) is 6.54 Å². The number of hydrogen-bond acceptors (Lipinski definition) is 3. The van der Waals surface area contributed by atoms with E-state index in [4.69, 9.17) is 18.0 Å². The molecule has 0 bridgehead atoms. The quantitative estimate of drug-likeness (QED) is 0.653. The lowest BCUT2D eigenvalue weighted by molar-refractivity contribution is -0.122. The standard InChI is InChI=1S/C15H21N3O2S/c1-10(2)18-13(19)7-8-17-14(20)9-11-3-5-12(6-4-11)15(16)21/h3-6,10H,7-9H2,1-2H3,(H2,16,21)(H,17,20)(H,18,19). The number of rotatable bonds is 7. The smallest absolute Gasteiger partial charge is 0.224 e. The van der Waals surface area contributed by atoms with Crippen molar-refractivity contribution in [2.24, 2.45) is 5.73 Å². The fourth-order valence-electron chi connectivity index (χ4n) is 1.74. The van der Waals surface area contributed by atoms with Gasteiger partial charge in [0, 0.05) is 24.6 Å². The van der Waals surface area contributed by atoms with Gasteiger partial charge in [0.25, 0.3) is 0 Å². The van der Waals surface area contributed by atoms with Crippen molar-refractivity contribution in [1.29, 1.82) is 0 Å². The van der Waals surface area contributed by atoms with E-state index in [1.54, 1.807) is 12.1 Å². The van der Waals surface area contributed by atoms with Gasteiger partial charge in [0.05, 0.1) is 6.42 Å². The fraction of sp³-hybridized carbons (Fsp3) is 0.400. The zero-order chi connectivity index (χ0) is 15.8. The number of carbonyl (C=O) groups is 2. The molecule has 4 N–H and O–H groups in total. The van der Waals surface area contributed by atoms with Crippen LogP contribution in [0.15, 0.2) is 24.3 Å². The van der Waals surface area contributed by atoms with Gasteiger partial charge >= 0.3 is 0 Å². The summed E-state index contributed by atoms with van der Waals surface area (Å²) in [5.74, 6) is -0.179. The molecule has 0 radical (unpaired) electrons. The predicted octanol–water partition coefficient (Wildman–Crippen LogP) is 0.894. The highest BCUT2D eigenvalue weighted by Gasteiger charge is 2.06. The van der Waals surface area contributed by atoms with E-state index >= 15 is 0 Å². The van der Waals surface area contributed by atoms with Crippen molar-refractivity contribution in [3.8, 4) is 0 Å². The molecule has 1 aromatic rings. The minimum atomic E-state index is -0.115. The Labute approximate surface area is 130 Å². The molecule has 5 nitrogen and oxygen atoms in total. The molecule has 2 amide bonds. The minimum absolute atomic E-state index is 0.0638. The number of hydrogen-bond donors (Lipinski definition) is 3. The molecule has 0 unspecified atom stereocenters. The third kappa shape index (κ3) is 6.85. The van der Waals surface area contributed by atoms with Crippen LogP contribution in [0.1, 0.15) is 31.4 Å². The zero-order valence-corrected chi connectivity index (χ0v) is 13.1. The summed E-state index contributed by atoms with van der Waals surface area (Å²) in [4.78, 5) is 23.5. The molecule has 6 heteroatoms. The summed E-state index contributed by atoms with van der Waals surface area (Å²) in [6.07, 6.45) is 0.549. The average Bonchev–Trinajstić information content (AvgIpc) is 2.38. The average molecular weight is 307 g/mol. The molecule has 0 fully saturated rings. The Balaban J connectivity index is 2.33. The van der Waals surface area contributed by atoms with E-state index in [1.807, 2.05) is 26.0 Å². The van der Waals surface area contributed by atoms with Crippen molar-refractivity contribution in [1.82, 2.24) is 10.6 Å². The van der Waals surface area contributed by atoms with Gasteiger partial charge in [-0.25, -0.2) is 0 Å². The van der Waals surface area contributed by atoms with Gasteiger partial charge in [-0.3, -0.25) is 9.59 Å². The third-order valence-electron chi connectivity index (χ3n) is 2.73. The van der Waals surface area contributed by atoms with E-state index in [9.17, 15) is 9.59 Å². The first kappa shape index (κ1) is 17.1. The molecule has 0 aliphatic rings. The second-order valence-corrected chi connectivity index (χ2v) is 5.50. The Morgan fingerprint density at radius 3 is 2.33 bits per heavy atom. The summed E-state index contributed by atoms with van der Waals surface area (Å²) < 4.78 is 0. The number of amides is 2. The number of carbonyl (C=O) groups excluding carboxylic acids is 2. The van der Waals surface area contributed by atoms with Crippen LogP contribution in [-0.4, -0.2) is 29.4 Å². The van der Waals surface area contributed by atoms with Crippen molar-refractivity contribution < 1.29 is 9.59 Å². The Hall–Kier alpha value is -1.95. The topological polar surface area (TPSA) is 84.2 Å². The molecule has 114 valence electrons. The largest absolute Gasteiger partial charge is 0.389 e. The van der Waals surface area contributed by atoms with E-state index in [0.717, 1.165) is 11.1 Å².